The Balaban J connectivity index is 1.80. The molecule has 1 atom stereocenters. The lowest BCUT2D eigenvalue weighted by Gasteiger charge is -2.35. The van der Waals surface area contributed by atoms with Gasteiger partial charge in [0.2, 0.25) is 0 Å². The van der Waals surface area contributed by atoms with Crippen LogP contribution < -0.4 is 0 Å². The predicted molar refractivity (Wildman–Crippen MR) is 63.4 cm³/mol. The van der Waals surface area contributed by atoms with Crippen LogP contribution in [0, 0.1) is 5.92 Å². The molecular weight excluding hydrogens is 202 g/mol. The molecule has 0 radical (unpaired) electrons. The maximum Gasteiger partial charge on any atom is 0.163 e. The van der Waals surface area contributed by atoms with Gasteiger partial charge in [-0.25, -0.2) is 0 Å². The number of rotatable bonds is 4. The summed E-state index contributed by atoms with van der Waals surface area (Å²) in [6.07, 6.45) is 4.38. The molecule has 1 aliphatic carbocycles. The highest BCUT2D eigenvalue weighted by molar-refractivity contribution is 5.83. The largest absolute Gasteiger partial charge is 0.368 e. The number of ketones is 1. The Labute approximate surface area is 98.1 Å². The van der Waals surface area contributed by atoms with Gasteiger partial charge in [-0.15, -0.1) is 0 Å². The molecular formula is C13H23NO2. The van der Waals surface area contributed by atoms with Gasteiger partial charge in [-0.05, 0) is 19.8 Å². The highest BCUT2D eigenvalue weighted by atomic mass is 16.5. The summed E-state index contributed by atoms with van der Waals surface area (Å²) in [6, 6.07) is 0.517. The van der Waals surface area contributed by atoms with E-state index in [2.05, 4.69) is 18.7 Å². The first-order chi connectivity index (χ1) is 7.66. The zero-order chi connectivity index (χ0) is 11.5. The number of carbonyl (C=O) groups excluding carboxylic acids is 1. The molecule has 2 rings (SSSR count). The molecule has 3 nitrogen and oxygen atoms in total. The molecule has 0 aromatic carbocycles. The van der Waals surface area contributed by atoms with Gasteiger partial charge in [-0.1, -0.05) is 19.3 Å². The summed E-state index contributed by atoms with van der Waals surface area (Å²) in [5.74, 6) is 0.987. The van der Waals surface area contributed by atoms with Crippen LogP contribution >= 0.6 is 0 Å². The van der Waals surface area contributed by atoms with Crippen LogP contribution in [0.3, 0.4) is 0 Å². The van der Waals surface area contributed by atoms with Crippen molar-refractivity contribution in [1.29, 1.82) is 0 Å². The Bertz CT molecular complexity index is 248. The summed E-state index contributed by atoms with van der Waals surface area (Å²) >= 11 is 0. The average Bonchev–Trinajstić information content (AvgIpc) is 2.23. The fourth-order valence-corrected chi connectivity index (χ4v) is 2.45. The van der Waals surface area contributed by atoms with Crippen LogP contribution in [0.4, 0.5) is 0 Å². The van der Waals surface area contributed by atoms with Gasteiger partial charge in [0.1, 0.15) is 6.10 Å². The minimum atomic E-state index is -0.156. The first-order valence-electron chi connectivity index (χ1n) is 6.55. The van der Waals surface area contributed by atoms with Crippen LogP contribution in [0.25, 0.3) is 0 Å². The van der Waals surface area contributed by atoms with E-state index in [0.29, 0.717) is 24.3 Å². The van der Waals surface area contributed by atoms with Crippen molar-refractivity contribution in [1.82, 2.24) is 4.90 Å². The summed E-state index contributed by atoms with van der Waals surface area (Å²) < 4.78 is 5.60. The Hall–Kier alpha value is -0.410. The van der Waals surface area contributed by atoms with Crippen LogP contribution in [0.1, 0.15) is 39.5 Å². The number of nitrogens with zero attached hydrogens (tertiary/aromatic N) is 1. The number of ether oxygens (including phenoxy) is 1. The third kappa shape index (κ3) is 2.83. The molecule has 1 saturated carbocycles. The lowest BCUT2D eigenvalue weighted by molar-refractivity contribution is -0.138. The quantitative estimate of drug-likeness (QED) is 0.731. The highest BCUT2D eigenvalue weighted by Crippen LogP contribution is 2.30. The third-order valence-corrected chi connectivity index (χ3v) is 3.90. The normalized spacial score (nSPS) is 28.1. The average molecular weight is 225 g/mol. The Kier molecular flexibility index (Phi) is 3.98. The van der Waals surface area contributed by atoms with Crippen molar-refractivity contribution in [3.63, 3.8) is 0 Å². The van der Waals surface area contributed by atoms with Crippen LogP contribution in [0.15, 0.2) is 0 Å². The van der Waals surface area contributed by atoms with E-state index in [1.807, 2.05) is 0 Å². The van der Waals surface area contributed by atoms with E-state index in [0.717, 1.165) is 19.5 Å². The molecule has 92 valence electrons. The maximum atomic E-state index is 12.0. The number of Topliss-reactive ketones (excluding diaryl/α,β-unsaturated/α-hetero) is 1. The summed E-state index contributed by atoms with van der Waals surface area (Å²) in [6.45, 7) is 6.82. The molecule has 0 spiro atoms. The van der Waals surface area contributed by atoms with Gasteiger partial charge in [0.25, 0.3) is 0 Å². The fraction of sp³-hybridized carbons (Fsp3) is 0.923. The molecule has 0 aromatic heterocycles. The zero-order valence-corrected chi connectivity index (χ0v) is 10.4. The van der Waals surface area contributed by atoms with E-state index in [-0.39, 0.29) is 6.10 Å². The number of hydrogen-bond donors (Lipinski definition) is 0. The number of hydrogen-bond acceptors (Lipinski definition) is 3. The van der Waals surface area contributed by atoms with Crippen molar-refractivity contribution in [2.24, 2.45) is 5.92 Å². The van der Waals surface area contributed by atoms with Crippen molar-refractivity contribution in [2.75, 3.05) is 19.7 Å². The lowest BCUT2D eigenvalue weighted by Crippen LogP contribution is -2.49. The summed E-state index contributed by atoms with van der Waals surface area (Å²) in [5, 5.41) is 0. The molecule has 3 heteroatoms. The van der Waals surface area contributed by atoms with Gasteiger partial charge in [-0.2, -0.15) is 0 Å². The lowest BCUT2D eigenvalue weighted by atomic mass is 9.81. The highest BCUT2D eigenvalue weighted by Gasteiger charge is 2.30. The van der Waals surface area contributed by atoms with Crippen LogP contribution in [-0.2, 0) is 9.53 Å². The van der Waals surface area contributed by atoms with Crippen molar-refractivity contribution in [3.8, 4) is 0 Å². The van der Waals surface area contributed by atoms with Crippen molar-refractivity contribution in [2.45, 2.75) is 51.7 Å². The van der Waals surface area contributed by atoms with Crippen molar-refractivity contribution in [3.05, 3.63) is 0 Å². The second-order valence-corrected chi connectivity index (χ2v) is 5.42. The van der Waals surface area contributed by atoms with Crippen LogP contribution in [0.2, 0.25) is 0 Å². The topological polar surface area (TPSA) is 29.5 Å². The molecule has 0 N–H and O–H groups in total. The summed E-state index contributed by atoms with van der Waals surface area (Å²) in [7, 11) is 0. The molecule has 1 heterocycles. The Morgan fingerprint density at radius 2 is 2.19 bits per heavy atom. The van der Waals surface area contributed by atoms with Gasteiger partial charge in [0.15, 0.2) is 5.78 Å². The molecule has 1 saturated heterocycles. The molecule has 0 amide bonds. The van der Waals surface area contributed by atoms with Gasteiger partial charge in [-0.3, -0.25) is 9.69 Å². The Morgan fingerprint density at radius 1 is 1.44 bits per heavy atom. The van der Waals surface area contributed by atoms with Gasteiger partial charge >= 0.3 is 0 Å². The predicted octanol–water partition coefficient (Wildman–Crippen LogP) is 1.85. The fourth-order valence-electron chi connectivity index (χ4n) is 2.45. The van der Waals surface area contributed by atoms with Crippen LogP contribution in [-0.4, -0.2) is 42.5 Å². The second kappa shape index (κ2) is 5.28. The van der Waals surface area contributed by atoms with Gasteiger partial charge in [0.05, 0.1) is 6.61 Å². The van der Waals surface area contributed by atoms with E-state index >= 15 is 0 Å². The Morgan fingerprint density at radius 3 is 2.75 bits per heavy atom. The van der Waals surface area contributed by atoms with Crippen molar-refractivity contribution >= 4 is 5.78 Å². The molecule has 1 unspecified atom stereocenters. The van der Waals surface area contributed by atoms with E-state index in [1.54, 1.807) is 0 Å². The monoisotopic (exact) mass is 225 g/mol. The van der Waals surface area contributed by atoms with Gasteiger partial charge < -0.3 is 4.74 Å². The first-order valence-corrected chi connectivity index (χ1v) is 6.55. The number of morpholine rings is 1. The summed E-state index contributed by atoms with van der Waals surface area (Å²) in [5.41, 5.74) is 0. The SMILES string of the molecule is CC(C)N1CCOC(C(=O)CC2CCC2)C1. The number of carbonyl (C=O) groups is 1. The third-order valence-electron chi connectivity index (χ3n) is 3.90. The van der Waals surface area contributed by atoms with E-state index < -0.39 is 0 Å². The molecule has 2 aliphatic rings. The molecule has 0 aromatic rings. The first kappa shape index (κ1) is 12.1. The van der Waals surface area contributed by atoms with Crippen molar-refractivity contribution < 1.29 is 9.53 Å². The zero-order valence-electron chi connectivity index (χ0n) is 10.4. The van der Waals surface area contributed by atoms with Gasteiger partial charge in [0, 0.05) is 25.6 Å². The smallest absolute Gasteiger partial charge is 0.163 e. The minimum Gasteiger partial charge on any atom is -0.368 e. The molecule has 0 bridgehead atoms. The van der Waals surface area contributed by atoms with E-state index in [4.69, 9.17) is 4.74 Å². The molecule has 16 heavy (non-hydrogen) atoms. The molecule has 1 aliphatic heterocycles. The van der Waals surface area contributed by atoms with E-state index in [1.165, 1.54) is 19.3 Å². The van der Waals surface area contributed by atoms with E-state index in [9.17, 15) is 4.79 Å². The minimum absolute atomic E-state index is 0.156. The summed E-state index contributed by atoms with van der Waals surface area (Å²) in [4.78, 5) is 14.4. The maximum absolute atomic E-state index is 12.0. The van der Waals surface area contributed by atoms with Crippen LogP contribution in [0.5, 0.6) is 0 Å². The molecule has 2 fully saturated rings. The standard InChI is InChI=1S/C13H23NO2/c1-10(2)14-6-7-16-13(9-14)12(15)8-11-4-3-5-11/h10-11,13H,3-9H2,1-2H3. The second-order valence-electron chi connectivity index (χ2n) is 5.42.